The Labute approximate surface area is 228 Å². The molecule has 0 aromatic heterocycles. The van der Waals surface area contributed by atoms with Crippen LogP contribution >= 0.6 is 7.26 Å². The molecule has 0 unspecified atom stereocenters. The first-order chi connectivity index (χ1) is 18.8. The Morgan fingerprint density at radius 3 is 1.38 bits per heavy atom. The molecule has 0 saturated heterocycles. The summed E-state index contributed by atoms with van der Waals surface area (Å²) in [5.74, 6) is -1.58. The molecule has 4 rings (SSSR count). The van der Waals surface area contributed by atoms with Crippen molar-refractivity contribution >= 4 is 45.2 Å². The minimum atomic E-state index is -4.35. The molecule has 0 aliphatic carbocycles. The zero-order valence-electron chi connectivity index (χ0n) is 21.6. The van der Waals surface area contributed by atoms with E-state index in [1.54, 1.807) is 0 Å². The second-order valence-corrected chi connectivity index (χ2v) is 14.4. The van der Waals surface area contributed by atoms with Gasteiger partial charge in [0.25, 0.3) is 0 Å². The molecule has 0 bridgehead atoms. The monoisotopic (exact) mass is 564 g/mol. The van der Waals surface area contributed by atoms with E-state index in [4.69, 9.17) is 13.7 Å². The number of esters is 2. The SMILES string of the molecule is COC(=O)c1cc(C(=O)OC)cc(S(=O)(=O)OCC[PH](c2ccccc2)(c2ccccc2)c2ccccc2)c1. The molecular formula is C30H29O7PS. The standard InChI is InChI=1S/C30H29O7PS/c1-35-29(31)23-20-24(30(32)36-2)22-28(21-23)39(33,34)37-18-19-38(25-12-6-3-7-13-25,26-14-8-4-9-15-26)27-16-10-5-11-17-27/h3-17,20-22,38H,18-19H2,1-2H3. The van der Waals surface area contributed by atoms with Crippen LogP contribution in [0.15, 0.2) is 114 Å². The molecule has 202 valence electrons. The van der Waals surface area contributed by atoms with Gasteiger partial charge in [-0.15, -0.1) is 0 Å². The fraction of sp³-hybridized carbons (Fsp3) is 0.133. The molecule has 4 aromatic rings. The summed E-state index contributed by atoms with van der Waals surface area (Å²) in [6.45, 7) is -0.122. The van der Waals surface area contributed by atoms with Gasteiger partial charge in [0.15, 0.2) is 0 Å². The number of carbonyl (C=O) groups excluding carboxylic acids is 2. The van der Waals surface area contributed by atoms with Gasteiger partial charge in [-0.3, -0.25) is 0 Å². The van der Waals surface area contributed by atoms with Gasteiger partial charge in [0, 0.05) is 0 Å². The summed E-state index contributed by atoms with van der Waals surface area (Å²) < 4.78 is 41.7. The van der Waals surface area contributed by atoms with Crippen molar-refractivity contribution in [1.29, 1.82) is 0 Å². The Kier molecular flexibility index (Phi) is 8.92. The molecule has 9 heteroatoms. The minimum absolute atomic E-state index is 0.107. The van der Waals surface area contributed by atoms with Crippen LogP contribution in [0.5, 0.6) is 0 Å². The normalized spacial score (nSPS) is 11.9. The predicted octanol–water partition coefficient (Wildman–Crippen LogP) is 3.69. The zero-order valence-corrected chi connectivity index (χ0v) is 23.4. The van der Waals surface area contributed by atoms with Crippen LogP contribution in [0.4, 0.5) is 0 Å². The number of carbonyl (C=O) groups is 2. The summed E-state index contributed by atoms with van der Waals surface area (Å²) >= 11 is 0. The molecular weight excluding hydrogens is 535 g/mol. The Bertz CT molecular complexity index is 1410. The number of benzene rings is 4. The van der Waals surface area contributed by atoms with Crippen molar-refractivity contribution < 1.29 is 31.7 Å². The van der Waals surface area contributed by atoms with Crippen LogP contribution < -0.4 is 15.9 Å². The average molecular weight is 565 g/mol. The molecule has 0 fully saturated rings. The molecule has 0 spiro atoms. The molecule has 0 saturated carbocycles. The van der Waals surface area contributed by atoms with Crippen LogP contribution in [0.1, 0.15) is 20.7 Å². The van der Waals surface area contributed by atoms with Crippen molar-refractivity contribution in [2.45, 2.75) is 4.90 Å². The van der Waals surface area contributed by atoms with E-state index >= 15 is 0 Å². The fourth-order valence-corrected chi connectivity index (χ4v) is 10.4. The van der Waals surface area contributed by atoms with Crippen molar-refractivity contribution in [2.24, 2.45) is 0 Å². The Balaban J connectivity index is 1.74. The molecule has 7 nitrogen and oxygen atoms in total. The zero-order chi connectivity index (χ0) is 27.9. The van der Waals surface area contributed by atoms with Gasteiger partial charge in [-0.1, -0.05) is 0 Å². The molecule has 0 aliphatic heterocycles. The van der Waals surface area contributed by atoms with Gasteiger partial charge in [0.2, 0.25) is 0 Å². The summed E-state index contributed by atoms with van der Waals surface area (Å²) in [6, 6.07) is 33.6. The molecule has 0 aliphatic rings. The van der Waals surface area contributed by atoms with Crippen LogP contribution in [0.3, 0.4) is 0 Å². The summed E-state index contributed by atoms with van der Waals surface area (Å²) in [6.07, 6.45) is 0.421. The molecule has 0 heterocycles. The van der Waals surface area contributed by atoms with E-state index in [-0.39, 0.29) is 22.6 Å². The molecule has 4 aromatic carbocycles. The Morgan fingerprint density at radius 1 is 0.641 bits per heavy atom. The maximum atomic E-state index is 13.3. The summed E-state index contributed by atoms with van der Waals surface area (Å²) in [7, 11) is -4.75. The second kappa shape index (κ2) is 12.3. The number of rotatable bonds is 10. The predicted molar refractivity (Wildman–Crippen MR) is 154 cm³/mol. The molecule has 0 radical (unpaired) electrons. The van der Waals surface area contributed by atoms with Crippen LogP contribution in [0.25, 0.3) is 0 Å². The molecule has 0 atom stereocenters. The summed E-state index contributed by atoms with van der Waals surface area (Å²) in [4.78, 5) is 24.0. The van der Waals surface area contributed by atoms with E-state index < -0.39 is 29.3 Å². The molecule has 0 amide bonds. The van der Waals surface area contributed by atoms with Gasteiger partial charge >= 0.3 is 229 Å². The van der Waals surface area contributed by atoms with Crippen LogP contribution in [0, 0.1) is 0 Å². The average Bonchev–Trinajstić information content (AvgIpc) is 2.99. The second-order valence-electron chi connectivity index (χ2n) is 8.76. The first-order valence-electron chi connectivity index (χ1n) is 12.2. The van der Waals surface area contributed by atoms with Crippen LogP contribution in [-0.4, -0.2) is 47.3 Å². The summed E-state index contributed by atoms with van der Waals surface area (Å²) in [5.41, 5.74) is -0.215. The number of hydrogen-bond acceptors (Lipinski definition) is 7. The number of methoxy groups -OCH3 is 2. The van der Waals surface area contributed by atoms with Gasteiger partial charge in [-0.2, -0.15) is 0 Å². The van der Waals surface area contributed by atoms with Crippen molar-refractivity contribution in [3.8, 4) is 0 Å². The third-order valence-electron chi connectivity index (χ3n) is 6.55. The molecule has 0 N–H and O–H groups in total. The summed E-state index contributed by atoms with van der Waals surface area (Å²) in [5, 5.41) is 3.34. The van der Waals surface area contributed by atoms with Gasteiger partial charge in [-0.05, 0) is 0 Å². The topological polar surface area (TPSA) is 96.0 Å². The molecule has 39 heavy (non-hydrogen) atoms. The van der Waals surface area contributed by atoms with E-state index in [0.29, 0.717) is 6.16 Å². The van der Waals surface area contributed by atoms with Gasteiger partial charge in [-0.25, -0.2) is 0 Å². The Hall–Kier alpha value is -3.84. The third kappa shape index (κ3) is 6.09. The van der Waals surface area contributed by atoms with E-state index in [0.717, 1.165) is 28.0 Å². The Morgan fingerprint density at radius 2 is 1.03 bits per heavy atom. The third-order valence-corrected chi connectivity index (χ3v) is 12.8. The van der Waals surface area contributed by atoms with E-state index in [1.807, 2.05) is 54.6 Å². The van der Waals surface area contributed by atoms with E-state index in [9.17, 15) is 18.0 Å². The van der Waals surface area contributed by atoms with Crippen molar-refractivity contribution in [2.75, 3.05) is 27.0 Å². The van der Waals surface area contributed by atoms with E-state index in [1.165, 1.54) is 20.3 Å². The van der Waals surface area contributed by atoms with Crippen molar-refractivity contribution in [3.63, 3.8) is 0 Å². The maximum absolute atomic E-state index is 13.3. The number of ether oxygens (including phenoxy) is 2. The quantitative estimate of drug-likeness (QED) is 0.165. The van der Waals surface area contributed by atoms with Gasteiger partial charge < -0.3 is 0 Å². The van der Waals surface area contributed by atoms with Crippen molar-refractivity contribution in [1.82, 2.24) is 0 Å². The van der Waals surface area contributed by atoms with Crippen LogP contribution in [0.2, 0.25) is 0 Å². The van der Waals surface area contributed by atoms with Gasteiger partial charge in [0.05, 0.1) is 0 Å². The first kappa shape index (κ1) is 28.2. The first-order valence-corrected chi connectivity index (χ1v) is 15.8. The van der Waals surface area contributed by atoms with Gasteiger partial charge in [0.1, 0.15) is 0 Å². The van der Waals surface area contributed by atoms with Crippen molar-refractivity contribution in [3.05, 3.63) is 120 Å². The van der Waals surface area contributed by atoms with E-state index in [2.05, 4.69) is 36.4 Å². The number of hydrogen-bond donors (Lipinski definition) is 0. The fourth-order valence-electron chi connectivity index (χ4n) is 4.69. The van der Waals surface area contributed by atoms with Crippen LogP contribution in [-0.2, 0) is 23.8 Å².